The minimum atomic E-state index is -2.48. The summed E-state index contributed by atoms with van der Waals surface area (Å²) < 4.78 is 33.9. The van der Waals surface area contributed by atoms with Crippen molar-refractivity contribution in [2.45, 2.75) is 58.5 Å². The Hall–Kier alpha value is -2.45. The van der Waals surface area contributed by atoms with Gasteiger partial charge in [-0.2, -0.15) is 5.10 Å². The molecule has 2 aromatic heterocycles. The average molecular weight is 393 g/mol. The third-order valence-corrected chi connectivity index (χ3v) is 5.85. The fraction of sp³-hybridized carbons (Fsp3) is 0.632. The Morgan fingerprint density at radius 3 is 2.82 bits per heavy atom. The summed E-state index contributed by atoms with van der Waals surface area (Å²) in [5, 5.41) is 11.5. The standard InChI is InChI=1S/C19H25F2N5O2/c1-10-7-16-22-14(8-15(18(20)21)26(16)23-10)13-5-4-6-25(9-13)19(27)17-11(2)24-28-12(17)3/h7,13-15,18,22H,4-6,8-9H2,1-3H3/t13?,14-,15+/m0/s1. The van der Waals surface area contributed by atoms with E-state index in [2.05, 4.69) is 15.6 Å². The van der Waals surface area contributed by atoms with Crippen LogP contribution in [0, 0.1) is 26.7 Å². The first kappa shape index (κ1) is 18.9. The highest BCUT2D eigenvalue weighted by Gasteiger charge is 2.39. The molecule has 1 amide bonds. The molecule has 9 heteroatoms. The fourth-order valence-corrected chi connectivity index (χ4v) is 4.48. The second-order valence-corrected chi connectivity index (χ2v) is 7.86. The smallest absolute Gasteiger partial charge is 0.260 e. The van der Waals surface area contributed by atoms with Crippen LogP contribution in [0.5, 0.6) is 0 Å². The van der Waals surface area contributed by atoms with Crippen LogP contribution in [0.3, 0.4) is 0 Å². The molecular weight excluding hydrogens is 368 g/mol. The number of piperidine rings is 1. The van der Waals surface area contributed by atoms with Gasteiger partial charge in [0.2, 0.25) is 0 Å². The van der Waals surface area contributed by atoms with Gasteiger partial charge >= 0.3 is 0 Å². The maximum Gasteiger partial charge on any atom is 0.260 e. The molecule has 0 radical (unpaired) electrons. The van der Waals surface area contributed by atoms with Crippen LogP contribution in [-0.2, 0) is 0 Å². The summed E-state index contributed by atoms with van der Waals surface area (Å²) in [5.74, 6) is 1.15. The van der Waals surface area contributed by atoms with Crippen molar-refractivity contribution in [3.05, 3.63) is 28.8 Å². The molecule has 28 heavy (non-hydrogen) atoms. The lowest BCUT2D eigenvalue weighted by Crippen LogP contribution is -2.48. The summed E-state index contributed by atoms with van der Waals surface area (Å²) >= 11 is 0. The van der Waals surface area contributed by atoms with Gasteiger partial charge in [0.1, 0.15) is 23.2 Å². The number of halogens is 2. The lowest BCUT2D eigenvalue weighted by Gasteiger charge is -2.41. The summed E-state index contributed by atoms with van der Waals surface area (Å²) in [6.45, 7) is 6.47. The second kappa shape index (κ2) is 7.18. The molecule has 2 aliphatic heterocycles. The highest BCUT2D eigenvalue weighted by atomic mass is 19.3. The van der Waals surface area contributed by atoms with Crippen LogP contribution < -0.4 is 5.32 Å². The molecule has 1 fully saturated rings. The number of hydrogen-bond acceptors (Lipinski definition) is 5. The first-order chi connectivity index (χ1) is 13.3. The third-order valence-electron chi connectivity index (χ3n) is 5.85. The predicted octanol–water partition coefficient (Wildman–Crippen LogP) is 3.34. The molecule has 7 nitrogen and oxygen atoms in total. The van der Waals surface area contributed by atoms with Gasteiger partial charge in [-0.3, -0.25) is 4.79 Å². The van der Waals surface area contributed by atoms with Crippen molar-refractivity contribution in [1.29, 1.82) is 0 Å². The Bertz CT molecular complexity index is 858. The van der Waals surface area contributed by atoms with Crippen LogP contribution in [0.15, 0.2) is 10.6 Å². The molecule has 0 spiro atoms. The SMILES string of the molecule is Cc1cc2n(n1)[C@@H](C(F)F)C[C@@H](C1CCCN(C(=O)c3c(C)noc3C)C1)N2. The number of alkyl halides is 2. The van der Waals surface area contributed by atoms with E-state index in [-0.39, 0.29) is 17.9 Å². The molecule has 2 aliphatic rings. The number of anilines is 1. The zero-order valence-electron chi connectivity index (χ0n) is 16.3. The zero-order valence-corrected chi connectivity index (χ0v) is 16.3. The van der Waals surface area contributed by atoms with E-state index in [4.69, 9.17) is 4.52 Å². The normalized spacial score (nSPS) is 24.9. The van der Waals surface area contributed by atoms with Crippen molar-refractivity contribution in [2.75, 3.05) is 18.4 Å². The topological polar surface area (TPSA) is 76.2 Å². The van der Waals surface area contributed by atoms with Crippen molar-refractivity contribution >= 4 is 11.7 Å². The molecule has 0 saturated carbocycles. The number of rotatable bonds is 3. The summed E-state index contributed by atoms with van der Waals surface area (Å²) in [5.41, 5.74) is 1.81. The van der Waals surface area contributed by atoms with Gasteiger partial charge in [0, 0.05) is 25.2 Å². The van der Waals surface area contributed by atoms with Crippen molar-refractivity contribution < 1.29 is 18.1 Å². The number of aryl methyl sites for hydroxylation is 3. The zero-order chi connectivity index (χ0) is 20.0. The van der Waals surface area contributed by atoms with Crippen LogP contribution in [0.1, 0.15) is 52.8 Å². The number of likely N-dealkylation sites (tertiary alicyclic amines) is 1. The first-order valence-corrected chi connectivity index (χ1v) is 9.68. The van der Waals surface area contributed by atoms with E-state index in [1.165, 1.54) is 4.68 Å². The number of hydrogen-bond donors (Lipinski definition) is 1. The summed E-state index contributed by atoms with van der Waals surface area (Å²) in [6, 6.07) is 0.739. The quantitative estimate of drug-likeness (QED) is 0.866. The van der Waals surface area contributed by atoms with Gasteiger partial charge in [0.05, 0.1) is 11.4 Å². The molecule has 4 rings (SSSR count). The van der Waals surface area contributed by atoms with Gasteiger partial charge in [0.25, 0.3) is 12.3 Å². The van der Waals surface area contributed by atoms with E-state index in [0.29, 0.717) is 48.0 Å². The maximum absolute atomic E-state index is 13.7. The summed E-state index contributed by atoms with van der Waals surface area (Å²) in [4.78, 5) is 14.8. The van der Waals surface area contributed by atoms with Crippen LogP contribution >= 0.6 is 0 Å². The predicted molar refractivity (Wildman–Crippen MR) is 98.6 cm³/mol. The molecule has 1 N–H and O–H groups in total. The monoisotopic (exact) mass is 393 g/mol. The molecular formula is C19H25F2N5O2. The van der Waals surface area contributed by atoms with Crippen molar-refractivity contribution in [1.82, 2.24) is 19.8 Å². The summed E-state index contributed by atoms with van der Waals surface area (Å²) in [7, 11) is 0. The van der Waals surface area contributed by atoms with Gasteiger partial charge < -0.3 is 14.7 Å². The van der Waals surface area contributed by atoms with E-state index in [0.717, 1.165) is 12.8 Å². The molecule has 0 bridgehead atoms. The van der Waals surface area contributed by atoms with E-state index in [1.807, 2.05) is 0 Å². The van der Waals surface area contributed by atoms with E-state index < -0.39 is 12.5 Å². The highest BCUT2D eigenvalue weighted by Crippen LogP contribution is 2.36. The molecule has 152 valence electrons. The third kappa shape index (κ3) is 3.27. The van der Waals surface area contributed by atoms with Gasteiger partial charge in [0.15, 0.2) is 0 Å². The van der Waals surface area contributed by atoms with Crippen LogP contribution in [0.4, 0.5) is 14.6 Å². The molecule has 1 saturated heterocycles. The number of nitrogens with zero attached hydrogens (tertiary/aromatic N) is 4. The van der Waals surface area contributed by atoms with Crippen molar-refractivity contribution in [3.63, 3.8) is 0 Å². The van der Waals surface area contributed by atoms with Gasteiger partial charge in [-0.25, -0.2) is 13.5 Å². The van der Waals surface area contributed by atoms with E-state index in [1.54, 1.807) is 31.7 Å². The largest absolute Gasteiger partial charge is 0.367 e. The summed E-state index contributed by atoms with van der Waals surface area (Å²) in [6.07, 6.45) is -0.447. The minimum Gasteiger partial charge on any atom is -0.367 e. The number of aromatic nitrogens is 3. The number of amides is 1. The molecule has 1 unspecified atom stereocenters. The molecule has 0 aromatic carbocycles. The lowest BCUT2D eigenvalue weighted by atomic mass is 9.85. The Kier molecular flexibility index (Phi) is 4.84. The Balaban J connectivity index is 1.53. The average Bonchev–Trinajstić information content (AvgIpc) is 3.21. The molecule has 3 atom stereocenters. The van der Waals surface area contributed by atoms with Crippen LogP contribution in [0.25, 0.3) is 0 Å². The lowest BCUT2D eigenvalue weighted by molar-refractivity contribution is 0.0504. The maximum atomic E-state index is 13.7. The fourth-order valence-electron chi connectivity index (χ4n) is 4.48. The van der Waals surface area contributed by atoms with Gasteiger partial charge in [-0.15, -0.1) is 0 Å². The first-order valence-electron chi connectivity index (χ1n) is 9.68. The van der Waals surface area contributed by atoms with Gasteiger partial charge in [-0.05, 0) is 46.0 Å². The van der Waals surface area contributed by atoms with Crippen molar-refractivity contribution in [3.8, 4) is 0 Å². The van der Waals surface area contributed by atoms with Crippen LogP contribution in [-0.4, -0.2) is 51.3 Å². The number of nitrogens with one attached hydrogen (secondary N) is 1. The minimum absolute atomic E-state index is 0.0944. The Morgan fingerprint density at radius 2 is 2.14 bits per heavy atom. The Labute approximate surface area is 162 Å². The molecule has 2 aromatic rings. The van der Waals surface area contributed by atoms with E-state index >= 15 is 0 Å². The van der Waals surface area contributed by atoms with Crippen LogP contribution in [0.2, 0.25) is 0 Å². The van der Waals surface area contributed by atoms with Gasteiger partial charge in [-0.1, -0.05) is 5.16 Å². The number of carbonyl (C=O) groups excluding carboxylic acids is 1. The number of fused-ring (bicyclic) bond motifs is 1. The molecule has 4 heterocycles. The Morgan fingerprint density at radius 1 is 1.36 bits per heavy atom. The highest BCUT2D eigenvalue weighted by molar-refractivity contribution is 5.96. The van der Waals surface area contributed by atoms with E-state index in [9.17, 15) is 13.6 Å². The molecule has 0 aliphatic carbocycles. The van der Waals surface area contributed by atoms with Crippen molar-refractivity contribution in [2.24, 2.45) is 5.92 Å². The second-order valence-electron chi connectivity index (χ2n) is 7.86. The number of carbonyl (C=O) groups is 1.